The van der Waals surface area contributed by atoms with Crippen LogP contribution in [-0.4, -0.2) is 23.5 Å². The predicted molar refractivity (Wildman–Crippen MR) is 151 cm³/mol. The lowest BCUT2D eigenvalue weighted by atomic mass is 10.1. The molecule has 0 saturated carbocycles. The summed E-state index contributed by atoms with van der Waals surface area (Å²) >= 11 is 0. The molecule has 0 aromatic heterocycles. The molecule has 37 heavy (non-hydrogen) atoms. The van der Waals surface area contributed by atoms with Gasteiger partial charge >= 0.3 is 5.97 Å². The van der Waals surface area contributed by atoms with Crippen LogP contribution < -0.4 is 15.0 Å². The number of carbonyl (C=O) groups excluding carboxylic acids is 2. The van der Waals surface area contributed by atoms with Crippen molar-refractivity contribution in [2.24, 2.45) is 0 Å². The summed E-state index contributed by atoms with van der Waals surface area (Å²) in [6.45, 7) is 12.0. The van der Waals surface area contributed by atoms with Gasteiger partial charge in [-0.3, -0.25) is 9.59 Å². The van der Waals surface area contributed by atoms with Crippen molar-refractivity contribution in [2.45, 2.75) is 67.2 Å². The van der Waals surface area contributed by atoms with E-state index in [1.165, 1.54) is 23.6 Å². The van der Waals surface area contributed by atoms with E-state index in [4.69, 9.17) is 4.74 Å². The summed E-state index contributed by atoms with van der Waals surface area (Å²) in [6.07, 6.45) is 10.6. The highest BCUT2D eigenvalue weighted by Crippen LogP contribution is 2.43. The fourth-order valence-electron chi connectivity index (χ4n) is 4.35. The van der Waals surface area contributed by atoms with E-state index in [0.29, 0.717) is 29.2 Å². The smallest absolute Gasteiger partial charge is 0.308 e. The highest BCUT2D eigenvalue weighted by Gasteiger charge is 2.29. The van der Waals surface area contributed by atoms with Crippen molar-refractivity contribution in [1.82, 2.24) is 0 Å². The number of aromatic hydroxyl groups is 1. The Morgan fingerprint density at radius 3 is 2.32 bits per heavy atom. The number of rotatable bonds is 9. The minimum absolute atomic E-state index is 0.0800. The number of para-hydroxylation sites is 1. The summed E-state index contributed by atoms with van der Waals surface area (Å²) in [5.74, 6) is -0.334. The maximum Gasteiger partial charge on any atom is 0.308 e. The molecule has 6 nitrogen and oxygen atoms in total. The van der Waals surface area contributed by atoms with Gasteiger partial charge in [-0.2, -0.15) is 0 Å². The molecule has 6 heteroatoms. The molecule has 1 heterocycles. The number of allylic oxidation sites excluding steroid dienone is 5. The number of anilines is 3. The van der Waals surface area contributed by atoms with Crippen LogP contribution in [0.4, 0.5) is 17.1 Å². The Morgan fingerprint density at radius 2 is 1.65 bits per heavy atom. The Hall–Kier alpha value is -3.80. The molecule has 2 N–H and O–H groups in total. The summed E-state index contributed by atoms with van der Waals surface area (Å²) in [4.78, 5) is 27.1. The number of phenolic OH excluding ortho intramolecular Hbond substituents is 1. The quantitative estimate of drug-likeness (QED) is 0.159. The molecular weight excluding hydrogens is 464 g/mol. The van der Waals surface area contributed by atoms with E-state index in [-0.39, 0.29) is 17.4 Å². The number of aryl methyl sites for hydroxylation is 1. The SMILES string of the molecule is CC(=O)Oc1cccc2c1Nc1c(C)cc(O)cc1N(C/C=C(\C)CC/C=C(\C)CCC=C(C)C)C2=O. The number of hydrogen-bond acceptors (Lipinski definition) is 5. The van der Waals surface area contributed by atoms with E-state index < -0.39 is 5.97 Å². The largest absolute Gasteiger partial charge is 0.508 e. The average Bonchev–Trinajstić information content (AvgIpc) is 2.92. The first-order chi connectivity index (χ1) is 17.6. The molecule has 0 fully saturated rings. The van der Waals surface area contributed by atoms with Gasteiger partial charge in [-0.25, -0.2) is 0 Å². The third-order valence-corrected chi connectivity index (χ3v) is 6.34. The standard InChI is InChI=1S/C31H38N2O4/c1-20(2)10-7-11-21(3)12-8-13-22(4)16-17-33-27-19-25(35)18-23(5)29(27)32-30-26(31(33)36)14-9-15-28(30)37-24(6)34/h9-10,12,14-16,18-19,32,35H,7-8,11,13,17H2,1-6H3/b21-12+,22-16+. The molecule has 196 valence electrons. The third-order valence-electron chi connectivity index (χ3n) is 6.34. The predicted octanol–water partition coefficient (Wildman–Crippen LogP) is 7.75. The van der Waals surface area contributed by atoms with Crippen LogP contribution in [0.1, 0.15) is 76.2 Å². The number of nitrogens with one attached hydrogen (secondary N) is 1. The summed E-state index contributed by atoms with van der Waals surface area (Å²) < 4.78 is 5.39. The lowest BCUT2D eigenvalue weighted by Crippen LogP contribution is -2.30. The second-order valence-electron chi connectivity index (χ2n) is 9.93. The monoisotopic (exact) mass is 502 g/mol. The average molecular weight is 503 g/mol. The number of fused-ring (bicyclic) bond motifs is 2. The van der Waals surface area contributed by atoms with Crippen LogP contribution in [0, 0.1) is 6.92 Å². The molecule has 0 bridgehead atoms. The van der Waals surface area contributed by atoms with Gasteiger partial charge in [0.2, 0.25) is 0 Å². The van der Waals surface area contributed by atoms with Crippen molar-refractivity contribution < 1.29 is 19.4 Å². The topological polar surface area (TPSA) is 78.9 Å². The first-order valence-corrected chi connectivity index (χ1v) is 12.8. The highest BCUT2D eigenvalue weighted by atomic mass is 16.5. The van der Waals surface area contributed by atoms with E-state index in [9.17, 15) is 14.7 Å². The Balaban J connectivity index is 1.86. The summed E-state index contributed by atoms with van der Waals surface area (Å²) in [6, 6.07) is 8.30. The van der Waals surface area contributed by atoms with Crippen molar-refractivity contribution in [3.8, 4) is 11.5 Å². The zero-order valence-electron chi connectivity index (χ0n) is 22.8. The van der Waals surface area contributed by atoms with Crippen LogP contribution in [0.15, 0.2) is 65.3 Å². The second kappa shape index (κ2) is 12.4. The second-order valence-corrected chi connectivity index (χ2v) is 9.93. The number of nitrogens with zero attached hydrogens (tertiary/aromatic N) is 1. The van der Waals surface area contributed by atoms with Crippen molar-refractivity contribution >= 4 is 28.9 Å². The Kier molecular flexibility index (Phi) is 9.34. The van der Waals surface area contributed by atoms with Crippen LogP contribution in [0.2, 0.25) is 0 Å². The number of ether oxygens (including phenoxy) is 1. The van der Waals surface area contributed by atoms with E-state index in [1.54, 1.807) is 35.2 Å². The molecule has 2 aromatic rings. The summed E-state index contributed by atoms with van der Waals surface area (Å²) in [5.41, 5.74) is 6.79. The molecule has 1 aliphatic heterocycles. The van der Waals surface area contributed by atoms with Crippen LogP contribution >= 0.6 is 0 Å². The van der Waals surface area contributed by atoms with E-state index >= 15 is 0 Å². The molecule has 1 aliphatic rings. The number of amides is 1. The molecule has 0 spiro atoms. The van der Waals surface area contributed by atoms with E-state index in [0.717, 1.165) is 31.2 Å². The number of phenols is 1. The van der Waals surface area contributed by atoms with Crippen molar-refractivity contribution in [1.29, 1.82) is 0 Å². The molecule has 2 aromatic carbocycles. The summed E-state index contributed by atoms with van der Waals surface area (Å²) in [7, 11) is 0. The molecule has 0 unspecified atom stereocenters. The molecule has 1 amide bonds. The number of hydrogen-bond donors (Lipinski definition) is 2. The molecule has 3 rings (SSSR count). The number of esters is 1. The molecule has 0 radical (unpaired) electrons. The van der Waals surface area contributed by atoms with E-state index in [1.807, 2.05) is 6.92 Å². The van der Waals surface area contributed by atoms with Gasteiger partial charge in [0.1, 0.15) is 5.75 Å². The van der Waals surface area contributed by atoms with Crippen molar-refractivity contribution in [2.75, 3.05) is 16.8 Å². The van der Waals surface area contributed by atoms with Crippen molar-refractivity contribution in [3.05, 3.63) is 76.4 Å². The van der Waals surface area contributed by atoms with Gasteiger partial charge in [0, 0.05) is 19.5 Å². The minimum atomic E-state index is -0.466. The van der Waals surface area contributed by atoms with Gasteiger partial charge < -0.3 is 20.1 Å². The molecule has 0 saturated heterocycles. The van der Waals surface area contributed by atoms with Crippen LogP contribution in [0.5, 0.6) is 11.5 Å². The Bertz CT molecular complexity index is 1270. The van der Waals surface area contributed by atoms with Gasteiger partial charge in [0.15, 0.2) is 5.75 Å². The minimum Gasteiger partial charge on any atom is -0.508 e. The Morgan fingerprint density at radius 1 is 0.973 bits per heavy atom. The van der Waals surface area contributed by atoms with Gasteiger partial charge in [-0.05, 0) is 84.1 Å². The fourth-order valence-corrected chi connectivity index (χ4v) is 4.35. The number of carbonyl (C=O) groups is 2. The first-order valence-electron chi connectivity index (χ1n) is 12.8. The van der Waals surface area contributed by atoms with Crippen LogP contribution in [0.25, 0.3) is 0 Å². The van der Waals surface area contributed by atoms with Gasteiger partial charge in [0.25, 0.3) is 5.91 Å². The van der Waals surface area contributed by atoms with Gasteiger partial charge in [-0.15, -0.1) is 0 Å². The van der Waals surface area contributed by atoms with Crippen molar-refractivity contribution in [3.63, 3.8) is 0 Å². The lowest BCUT2D eigenvalue weighted by molar-refractivity contribution is -0.131. The van der Waals surface area contributed by atoms with Crippen LogP contribution in [0.3, 0.4) is 0 Å². The summed E-state index contributed by atoms with van der Waals surface area (Å²) in [5, 5.41) is 13.6. The normalized spacial score (nSPS) is 13.4. The highest BCUT2D eigenvalue weighted by molar-refractivity contribution is 6.15. The molecule has 0 aliphatic carbocycles. The Labute approximate surface area is 220 Å². The molecular formula is C31H38N2O4. The first kappa shape index (κ1) is 27.8. The van der Waals surface area contributed by atoms with Gasteiger partial charge in [-0.1, -0.05) is 41.0 Å². The maximum absolute atomic E-state index is 13.7. The zero-order valence-corrected chi connectivity index (χ0v) is 22.8. The third kappa shape index (κ3) is 7.35. The molecule has 0 atom stereocenters. The van der Waals surface area contributed by atoms with E-state index in [2.05, 4.69) is 51.2 Å². The van der Waals surface area contributed by atoms with Gasteiger partial charge in [0.05, 0.1) is 22.6 Å². The zero-order chi connectivity index (χ0) is 27.1. The lowest BCUT2D eigenvalue weighted by Gasteiger charge is -2.23. The maximum atomic E-state index is 13.7. The van der Waals surface area contributed by atoms with Crippen LogP contribution in [-0.2, 0) is 4.79 Å². The fraction of sp³-hybridized carbons (Fsp3) is 0.355. The number of benzene rings is 2.